The molecule has 11 heavy (non-hydrogen) atoms. The van der Waals surface area contributed by atoms with Gasteiger partial charge in [-0.3, -0.25) is 4.68 Å². The first kappa shape index (κ1) is 8.05. The van der Waals surface area contributed by atoms with E-state index in [0.29, 0.717) is 5.92 Å². The maximum absolute atomic E-state index is 4.17. The molecule has 0 aromatic carbocycles. The van der Waals surface area contributed by atoms with Crippen molar-refractivity contribution in [1.82, 2.24) is 9.78 Å². The summed E-state index contributed by atoms with van der Waals surface area (Å²) in [5, 5.41) is 4.17. The smallest absolute Gasteiger partial charge is 0.0587 e. The summed E-state index contributed by atoms with van der Waals surface area (Å²) in [5.74, 6) is 0.563. The molecular formula is C9H14N2. The summed E-state index contributed by atoms with van der Waals surface area (Å²) in [6, 6.07) is 0. The molecule has 0 fully saturated rings. The van der Waals surface area contributed by atoms with Crippen molar-refractivity contribution in [3.63, 3.8) is 0 Å². The summed E-state index contributed by atoms with van der Waals surface area (Å²) < 4.78 is 1.89. The van der Waals surface area contributed by atoms with E-state index >= 15 is 0 Å². The Balaban J connectivity index is 2.73. The molecule has 1 aromatic rings. The minimum Gasteiger partial charge on any atom is -0.269 e. The number of allylic oxidation sites excluding steroid dienone is 1. The minimum absolute atomic E-state index is 0.563. The zero-order valence-corrected chi connectivity index (χ0v) is 7.12. The number of nitrogens with zero attached hydrogens (tertiary/aromatic N) is 2. The van der Waals surface area contributed by atoms with Gasteiger partial charge in [-0.2, -0.15) is 5.10 Å². The predicted molar refractivity (Wildman–Crippen MR) is 46.5 cm³/mol. The monoisotopic (exact) mass is 150 g/mol. The normalized spacial score (nSPS) is 10.5. The topological polar surface area (TPSA) is 17.8 Å². The van der Waals surface area contributed by atoms with Crippen molar-refractivity contribution in [2.75, 3.05) is 0 Å². The fourth-order valence-electron chi connectivity index (χ4n) is 0.910. The van der Waals surface area contributed by atoms with E-state index in [-0.39, 0.29) is 0 Å². The Morgan fingerprint density at radius 3 is 2.91 bits per heavy atom. The molecule has 0 saturated carbocycles. The Morgan fingerprint density at radius 2 is 2.45 bits per heavy atom. The highest BCUT2D eigenvalue weighted by Gasteiger charge is 2.00. The molecular weight excluding hydrogens is 136 g/mol. The fourth-order valence-corrected chi connectivity index (χ4v) is 0.910. The molecule has 0 amide bonds. The molecule has 0 unspecified atom stereocenters. The Hall–Kier alpha value is -1.05. The SMILES string of the molecule is C=CCn1cc(C(C)C)cn1. The highest BCUT2D eigenvalue weighted by atomic mass is 15.3. The lowest BCUT2D eigenvalue weighted by Gasteiger charge is -1.97. The molecule has 0 radical (unpaired) electrons. The van der Waals surface area contributed by atoms with E-state index in [9.17, 15) is 0 Å². The standard InChI is InChI=1S/C9H14N2/c1-4-5-11-7-9(6-10-11)8(2)3/h4,6-8H,1,5H2,2-3H3. The summed E-state index contributed by atoms with van der Waals surface area (Å²) in [7, 11) is 0. The number of hydrogen-bond donors (Lipinski definition) is 0. The number of hydrogen-bond acceptors (Lipinski definition) is 1. The highest BCUT2D eigenvalue weighted by Crippen LogP contribution is 2.11. The fraction of sp³-hybridized carbons (Fsp3) is 0.444. The zero-order chi connectivity index (χ0) is 8.27. The molecule has 0 spiro atoms. The van der Waals surface area contributed by atoms with Gasteiger partial charge in [-0.15, -0.1) is 6.58 Å². The van der Waals surface area contributed by atoms with Gasteiger partial charge in [-0.1, -0.05) is 19.9 Å². The quantitative estimate of drug-likeness (QED) is 0.604. The van der Waals surface area contributed by atoms with Crippen LogP contribution < -0.4 is 0 Å². The number of rotatable bonds is 3. The van der Waals surface area contributed by atoms with Crippen molar-refractivity contribution in [1.29, 1.82) is 0 Å². The van der Waals surface area contributed by atoms with E-state index in [1.165, 1.54) is 5.56 Å². The van der Waals surface area contributed by atoms with Gasteiger partial charge in [0.15, 0.2) is 0 Å². The van der Waals surface area contributed by atoms with Gasteiger partial charge in [0.05, 0.1) is 12.7 Å². The Bertz CT molecular complexity index is 235. The lowest BCUT2D eigenvalue weighted by Crippen LogP contribution is -1.93. The van der Waals surface area contributed by atoms with Gasteiger partial charge in [0, 0.05) is 6.20 Å². The van der Waals surface area contributed by atoms with Gasteiger partial charge >= 0.3 is 0 Å². The zero-order valence-electron chi connectivity index (χ0n) is 7.12. The molecule has 1 aromatic heterocycles. The second-order valence-corrected chi connectivity index (χ2v) is 2.94. The Morgan fingerprint density at radius 1 is 1.73 bits per heavy atom. The van der Waals surface area contributed by atoms with Crippen LogP contribution in [0, 0.1) is 0 Å². The molecule has 0 aliphatic carbocycles. The van der Waals surface area contributed by atoms with Crippen molar-refractivity contribution < 1.29 is 0 Å². The average Bonchev–Trinajstić information content (AvgIpc) is 2.37. The first-order valence-corrected chi connectivity index (χ1v) is 3.87. The third-order valence-corrected chi connectivity index (χ3v) is 1.64. The second kappa shape index (κ2) is 3.37. The third kappa shape index (κ3) is 1.93. The van der Waals surface area contributed by atoms with Crippen LogP contribution in [0.2, 0.25) is 0 Å². The van der Waals surface area contributed by atoms with E-state index < -0.39 is 0 Å². The molecule has 2 nitrogen and oxygen atoms in total. The van der Waals surface area contributed by atoms with Crippen LogP contribution in [0.1, 0.15) is 25.3 Å². The molecule has 0 aliphatic heterocycles. The Kier molecular flexibility index (Phi) is 2.47. The molecule has 0 aliphatic rings. The Labute approximate surface area is 67.5 Å². The van der Waals surface area contributed by atoms with Crippen LogP contribution in [0.5, 0.6) is 0 Å². The highest BCUT2D eigenvalue weighted by molar-refractivity contribution is 5.08. The van der Waals surface area contributed by atoms with E-state index in [1.54, 1.807) is 0 Å². The molecule has 0 bridgehead atoms. The summed E-state index contributed by atoms with van der Waals surface area (Å²) in [6.45, 7) is 8.77. The van der Waals surface area contributed by atoms with Gasteiger partial charge in [0.2, 0.25) is 0 Å². The molecule has 1 rings (SSSR count). The van der Waals surface area contributed by atoms with Crippen LogP contribution >= 0.6 is 0 Å². The molecule has 1 heterocycles. The van der Waals surface area contributed by atoms with Crippen molar-refractivity contribution in [3.05, 3.63) is 30.6 Å². The molecule has 0 N–H and O–H groups in total. The maximum Gasteiger partial charge on any atom is 0.0587 e. The summed E-state index contributed by atoms with van der Waals surface area (Å²) in [5.41, 5.74) is 1.28. The summed E-state index contributed by atoms with van der Waals surface area (Å²) >= 11 is 0. The largest absolute Gasteiger partial charge is 0.269 e. The van der Waals surface area contributed by atoms with Gasteiger partial charge in [-0.05, 0) is 11.5 Å². The van der Waals surface area contributed by atoms with Crippen LogP contribution in [0.25, 0.3) is 0 Å². The van der Waals surface area contributed by atoms with Crippen LogP contribution in [0.4, 0.5) is 0 Å². The minimum atomic E-state index is 0.563. The first-order valence-electron chi connectivity index (χ1n) is 3.87. The van der Waals surface area contributed by atoms with Crippen molar-refractivity contribution >= 4 is 0 Å². The molecule has 2 heteroatoms. The maximum atomic E-state index is 4.17. The van der Waals surface area contributed by atoms with Gasteiger partial charge in [0.1, 0.15) is 0 Å². The van der Waals surface area contributed by atoms with E-state index in [2.05, 4.69) is 31.7 Å². The average molecular weight is 150 g/mol. The van der Waals surface area contributed by atoms with Gasteiger partial charge in [-0.25, -0.2) is 0 Å². The van der Waals surface area contributed by atoms with Crippen LogP contribution in [0.15, 0.2) is 25.0 Å². The summed E-state index contributed by atoms with van der Waals surface area (Å²) in [6.07, 6.45) is 5.82. The van der Waals surface area contributed by atoms with Gasteiger partial charge in [0.25, 0.3) is 0 Å². The van der Waals surface area contributed by atoms with E-state index in [4.69, 9.17) is 0 Å². The lowest BCUT2D eigenvalue weighted by atomic mass is 10.1. The first-order chi connectivity index (χ1) is 5.24. The molecule has 0 saturated heterocycles. The summed E-state index contributed by atoms with van der Waals surface area (Å²) in [4.78, 5) is 0. The molecule has 0 atom stereocenters. The third-order valence-electron chi connectivity index (χ3n) is 1.64. The van der Waals surface area contributed by atoms with Crippen molar-refractivity contribution in [2.24, 2.45) is 0 Å². The van der Waals surface area contributed by atoms with Gasteiger partial charge < -0.3 is 0 Å². The van der Waals surface area contributed by atoms with Crippen molar-refractivity contribution in [2.45, 2.75) is 26.3 Å². The second-order valence-electron chi connectivity index (χ2n) is 2.94. The van der Waals surface area contributed by atoms with E-state index in [1.807, 2.05) is 17.0 Å². The number of aromatic nitrogens is 2. The lowest BCUT2D eigenvalue weighted by molar-refractivity contribution is 0.701. The van der Waals surface area contributed by atoms with Crippen molar-refractivity contribution in [3.8, 4) is 0 Å². The van der Waals surface area contributed by atoms with Crippen LogP contribution in [-0.4, -0.2) is 9.78 Å². The predicted octanol–water partition coefficient (Wildman–Crippen LogP) is 2.19. The van der Waals surface area contributed by atoms with E-state index in [0.717, 1.165) is 6.54 Å². The molecule has 60 valence electrons. The van der Waals surface area contributed by atoms with Crippen LogP contribution in [0.3, 0.4) is 0 Å². The van der Waals surface area contributed by atoms with Crippen LogP contribution in [-0.2, 0) is 6.54 Å².